The van der Waals surface area contributed by atoms with Crippen LogP contribution in [-0.2, 0) is 6.61 Å². The molecule has 20 heavy (non-hydrogen) atoms. The Labute approximate surface area is 125 Å². The largest absolute Gasteiger partial charge is 0.486 e. The molecule has 0 unspecified atom stereocenters. The first-order chi connectivity index (χ1) is 9.47. The lowest BCUT2D eigenvalue weighted by atomic mass is 10.1. The molecule has 0 aliphatic rings. The highest BCUT2D eigenvalue weighted by Gasteiger charge is 2.08. The van der Waals surface area contributed by atoms with E-state index in [1.54, 1.807) is 18.2 Å². The van der Waals surface area contributed by atoms with Crippen LogP contribution in [0.1, 0.15) is 11.1 Å². The lowest BCUT2D eigenvalue weighted by molar-refractivity contribution is 0.289. The van der Waals surface area contributed by atoms with Crippen molar-refractivity contribution in [3.8, 4) is 5.75 Å². The molecule has 0 spiro atoms. The fraction of sp³-hybridized carbons (Fsp3) is 0.0714. The Morgan fingerprint density at radius 1 is 1.20 bits per heavy atom. The van der Waals surface area contributed by atoms with Gasteiger partial charge in [-0.25, -0.2) is 8.78 Å². The average molecular weight is 314 g/mol. The van der Waals surface area contributed by atoms with Crippen LogP contribution >= 0.6 is 23.8 Å². The molecule has 0 atom stereocenters. The van der Waals surface area contributed by atoms with E-state index in [0.29, 0.717) is 16.1 Å². The fourth-order valence-corrected chi connectivity index (χ4v) is 1.93. The van der Waals surface area contributed by atoms with E-state index in [1.165, 1.54) is 6.07 Å². The topological polar surface area (TPSA) is 35.2 Å². The van der Waals surface area contributed by atoms with E-state index in [1.807, 2.05) is 0 Å². The first-order valence-corrected chi connectivity index (χ1v) is 6.42. The highest BCUT2D eigenvalue weighted by Crippen LogP contribution is 2.22. The fourth-order valence-electron chi connectivity index (χ4n) is 1.57. The molecule has 2 aromatic carbocycles. The molecular formula is C14H10ClF2NOS. The molecule has 0 aliphatic carbocycles. The SMILES string of the molecule is NC(=S)c1ccc(COc2ccc(F)cc2F)c(Cl)c1. The van der Waals surface area contributed by atoms with E-state index in [0.717, 1.165) is 12.1 Å². The van der Waals surface area contributed by atoms with Gasteiger partial charge in [-0.05, 0) is 18.2 Å². The number of benzene rings is 2. The summed E-state index contributed by atoms with van der Waals surface area (Å²) in [6.45, 7) is 0.0546. The number of ether oxygens (including phenoxy) is 1. The summed E-state index contributed by atoms with van der Waals surface area (Å²) in [4.78, 5) is 0.240. The molecule has 0 amide bonds. The Balaban J connectivity index is 2.13. The van der Waals surface area contributed by atoms with E-state index in [9.17, 15) is 8.78 Å². The van der Waals surface area contributed by atoms with Crippen molar-refractivity contribution < 1.29 is 13.5 Å². The van der Waals surface area contributed by atoms with E-state index in [4.69, 9.17) is 34.3 Å². The molecule has 0 aliphatic heterocycles. The van der Waals surface area contributed by atoms with E-state index in [-0.39, 0.29) is 17.3 Å². The second-order valence-electron chi connectivity index (χ2n) is 4.03. The van der Waals surface area contributed by atoms with E-state index < -0.39 is 11.6 Å². The van der Waals surface area contributed by atoms with Crippen molar-refractivity contribution in [2.45, 2.75) is 6.61 Å². The van der Waals surface area contributed by atoms with Crippen LogP contribution in [0.25, 0.3) is 0 Å². The lowest BCUT2D eigenvalue weighted by Crippen LogP contribution is -2.09. The summed E-state index contributed by atoms with van der Waals surface area (Å²) < 4.78 is 31.4. The maximum atomic E-state index is 13.4. The van der Waals surface area contributed by atoms with E-state index >= 15 is 0 Å². The predicted molar refractivity (Wildman–Crippen MR) is 78.0 cm³/mol. The first kappa shape index (κ1) is 14.7. The third-order valence-electron chi connectivity index (χ3n) is 2.61. The van der Waals surface area contributed by atoms with Crippen LogP contribution in [-0.4, -0.2) is 4.99 Å². The Morgan fingerprint density at radius 2 is 1.95 bits per heavy atom. The lowest BCUT2D eigenvalue weighted by Gasteiger charge is -2.09. The van der Waals surface area contributed by atoms with Crippen LogP contribution in [0.2, 0.25) is 5.02 Å². The molecule has 2 N–H and O–H groups in total. The zero-order valence-corrected chi connectivity index (χ0v) is 11.8. The summed E-state index contributed by atoms with van der Waals surface area (Å²) in [5, 5.41) is 0.415. The molecular weight excluding hydrogens is 304 g/mol. The molecule has 2 aromatic rings. The average Bonchev–Trinajstić information content (AvgIpc) is 2.38. The summed E-state index contributed by atoms with van der Waals surface area (Å²) >= 11 is 10.9. The van der Waals surface area contributed by atoms with Gasteiger partial charge in [0, 0.05) is 22.2 Å². The second kappa shape index (κ2) is 6.15. The molecule has 0 heterocycles. The van der Waals surface area contributed by atoms with Gasteiger partial charge in [-0.15, -0.1) is 0 Å². The minimum atomic E-state index is -0.763. The molecule has 104 valence electrons. The Morgan fingerprint density at radius 3 is 2.55 bits per heavy atom. The highest BCUT2D eigenvalue weighted by molar-refractivity contribution is 7.80. The van der Waals surface area contributed by atoms with Crippen molar-refractivity contribution in [1.29, 1.82) is 0 Å². The Hall–Kier alpha value is -1.72. The van der Waals surface area contributed by atoms with Crippen molar-refractivity contribution in [2.24, 2.45) is 5.73 Å². The summed E-state index contributed by atoms with van der Waals surface area (Å²) in [6.07, 6.45) is 0. The molecule has 0 aromatic heterocycles. The molecule has 0 fully saturated rings. The van der Waals surface area contributed by atoms with Crippen LogP contribution in [0, 0.1) is 11.6 Å². The number of hydrogen-bond acceptors (Lipinski definition) is 2. The Kier molecular flexibility index (Phi) is 4.52. The molecule has 2 nitrogen and oxygen atoms in total. The third kappa shape index (κ3) is 3.43. The predicted octanol–water partition coefficient (Wildman–Crippen LogP) is 3.83. The van der Waals surface area contributed by atoms with Crippen LogP contribution < -0.4 is 10.5 Å². The van der Waals surface area contributed by atoms with Gasteiger partial charge in [0.05, 0.1) is 0 Å². The number of hydrogen-bond donors (Lipinski definition) is 1. The van der Waals surface area contributed by atoms with Crippen LogP contribution in [0.3, 0.4) is 0 Å². The van der Waals surface area contributed by atoms with Gasteiger partial charge in [-0.2, -0.15) is 0 Å². The number of halogens is 3. The maximum Gasteiger partial charge on any atom is 0.167 e. The van der Waals surface area contributed by atoms with Gasteiger partial charge in [-0.1, -0.05) is 36.0 Å². The molecule has 6 heteroatoms. The molecule has 0 radical (unpaired) electrons. The van der Waals surface area contributed by atoms with Crippen LogP contribution in [0.5, 0.6) is 5.75 Å². The van der Waals surface area contributed by atoms with Gasteiger partial charge in [0.2, 0.25) is 0 Å². The van der Waals surface area contributed by atoms with Gasteiger partial charge < -0.3 is 10.5 Å². The van der Waals surface area contributed by atoms with E-state index in [2.05, 4.69) is 0 Å². The normalized spacial score (nSPS) is 10.3. The van der Waals surface area contributed by atoms with Crippen molar-refractivity contribution in [3.63, 3.8) is 0 Å². The zero-order chi connectivity index (χ0) is 14.7. The van der Waals surface area contributed by atoms with Crippen LogP contribution in [0.15, 0.2) is 36.4 Å². The summed E-state index contributed by atoms with van der Waals surface area (Å²) in [7, 11) is 0. The first-order valence-electron chi connectivity index (χ1n) is 5.63. The molecule has 2 rings (SSSR count). The number of nitrogens with two attached hydrogens (primary N) is 1. The summed E-state index contributed by atoms with van der Waals surface area (Å²) in [5.74, 6) is -1.46. The molecule has 0 bridgehead atoms. The van der Waals surface area contributed by atoms with Gasteiger partial charge >= 0.3 is 0 Å². The van der Waals surface area contributed by atoms with Crippen molar-refractivity contribution in [1.82, 2.24) is 0 Å². The zero-order valence-electron chi connectivity index (χ0n) is 10.2. The second-order valence-corrected chi connectivity index (χ2v) is 4.88. The van der Waals surface area contributed by atoms with Gasteiger partial charge in [0.1, 0.15) is 17.4 Å². The standard InChI is InChI=1S/C14H10ClF2NOS/c15-11-5-8(14(18)20)1-2-9(11)7-19-13-4-3-10(16)6-12(13)17/h1-6H,7H2,(H2,18,20). The number of thiocarbonyl (C=S) groups is 1. The summed E-state index contributed by atoms with van der Waals surface area (Å²) in [5.41, 5.74) is 6.78. The molecule has 0 saturated heterocycles. The van der Waals surface area contributed by atoms with Crippen molar-refractivity contribution in [2.75, 3.05) is 0 Å². The summed E-state index contributed by atoms with van der Waals surface area (Å²) in [6, 6.07) is 8.11. The molecule has 0 saturated carbocycles. The maximum absolute atomic E-state index is 13.4. The minimum absolute atomic E-state index is 0.0408. The number of rotatable bonds is 4. The monoisotopic (exact) mass is 313 g/mol. The van der Waals surface area contributed by atoms with Gasteiger partial charge in [0.25, 0.3) is 0 Å². The van der Waals surface area contributed by atoms with Crippen LogP contribution in [0.4, 0.5) is 8.78 Å². The van der Waals surface area contributed by atoms with Crippen molar-refractivity contribution >= 4 is 28.8 Å². The minimum Gasteiger partial charge on any atom is -0.486 e. The quantitative estimate of drug-likeness (QED) is 0.871. The smallest absolute Gasteiger partial charge is 0.167 e. The third-order valence-corrected chi connectivity index (χ3v) is 3.20. The van der Waals surface area contributed by atoms with Crippen molar-refractivity contribution in [3.05, 3.63) is 64.2 Å². The van der Waals surface area contributed by atoms with Gasteiger partial charge in [0.15, 0.2) is 11.6 Å². The Bertz CT molecular complexity index is 664. The van der Waals surface area contributed by atoms with Gasteiger partial charge in [-0.3, -0.25) is 0 Å². The highest BCUT2D eigenvalue weighted by atomic mass is 35.5.